The zero-order valence-electron chi connectivity index (χ0n) is 14.9. The van der Waals surface area contributed by atoms with Crippen LogP contribution in [0.5, 0.6) is 0 Å². The predicted octanol–water partition coefficient (Wildman–Crippen LogP) is 2.83. The summed E-state index contributed by atoms with van der Waals surface area (Å²) in [4.78, 5) is 31.2. The smallest absolute Gasteiger partial charge is 0.252 e. The number of hydrogen-bond acceptors (Lipinski definition) is 4. The molecule has 0 fully saturated rings. The van der Waals surface area contributed by atoms with Gasteiger partial charge in [0.05, 0.1) is 24.2 Å². The van der Waals surface area contributed by atoms with Gasteiger partial charge >= 0.3 is 0 Å². The van der Waals surface area contributed by atoms with Gasteiger partial charge in [-0.05, 0) is 35.9 Å². The van der Waals surface area contributed by atoms with Gasteiger partial charge in [0, 0.05) is 24.6 Å². The van der Waals surface area contributed by atoms with E-state index in [4.69, 9.17) is 4.74 Å². The van der Waals surface area contributed by atoms with Crippen molar-refractivity contribution in [1.82, 2.24) is 10.3 Å². The van der Waals surface area contributed by atoms with Crippen LogP contribution < -0.4 is 10.2 Å². The molecule has 1 aliphatic rings. The molecule has 27 heavy (non-hydrogen) atoms. The van der Waals surface area contributed by atoms with E-state index < -0.39 is 0 Å². The number of benzene rings is 2. The maximum absolute atomic E-state index is 12.5. The molecule has 1 aromatic heterocycles. The first kappa shape index (κ1) is 17.2. The largest absolute Gasteiger partial charge is 0.383 e. The number of pyridine rings is 1. The molecule has 1 aliphatic heterocycles. The summed E-state index contributed by atoms with van der Waals surface area (Å²) in [6.07, 6.45) is 0.373. The Morgan fingerprint density at radius 2 is 2.00 bits per heavy atom. The highest BCUT2D eigenvalue weighted by Crippen LogP contribution is 2.35. The second-order valence-corrected chi connectivity index (χ2v) is 6.33. The molecule has 3 aromatic rings. The van der Waals surface area contributed by atoms with Crippen molar-refractivity contribution in [3.8, 4) is 0 Å². The normalized spacial score (nSPS) is 13.1. The Morgan fingerprint density at radius 1 is 1.15 bits per heavy atom. The Morgan fingerprint density at radius 3 is 2.85 bits per heavy atom. The van der Waals surface area contributed by atoms with Crippen molar-refractivity contribution in [3.05, 3.63) is 65.7 Å². The minimum absolute atomic E-state index is 0.00323. The number of carbonyl (C=O) groups is 2. The molecule has 0 spiro atoms. The third kappa shape index (κ3) is 3.15. The van der Waals surface area contributed by atoms with Crippen LogP contribution in [0.4, 0.5) is 11.5 Å². The van der Waals surface area contributed by atoms with Crippen molar-refractivity contribution in [3.63, 3.8) is 0 Å². The average Bonchev–Trinajstić information content (AvgIpc) is 3.02. The first-order valence-corrected chi connectivity index (χ1v) is 8.77. The number of anilines is 2. The summed E-state index contributed by atoms with van der Waals surface area (Å²) in [6, 6.07) is 16.8. The van der Waals surface area contributed by atoms with E-state index in [0.29, 0.717) is 36.5 Å². The first-order valence-electron chi connectivity index (χ1n) is 8.77. The molecule has 2 heterocycles. The lowest BCUT2D eigenvalue weighted by atomic mass is 10.1. The van der Waals surface area contributed by atoms with Crippen molar-refractivity contribution >= 4 is 34.2 Å². The summed E-state index contributed by atoms with van der Waals surface area (Å²) in [6.45, 7) is 0.895. The number of carbonyl (C=O) groups excluding carboxylic acids is 2. The van der Waals surface area contributed by atoms with Crippen molar-refractivity contribution in [2.45, 2.75) is 6.42 Å². The highest BCUT2D eigenvalue weighted by atomic mass is 16.5. The Kier molecular flexibility index (Phi) is 4.56. The highest BCUT2D eigenvalue weighted by Gasteiger charge is 2.29. The molecular weight excluding hydrogens is 342 g/mol. The van der Waals surface area contributed by atoms with Crippen LogP contribution in [0.1, 0.15) is 15.9 Å². The third-order valence-electron chi connectivity index (χ3n) is 4.61. The second-order valence-electron chi connectivity index (χ2n) is 6.33. The summed E-state index contributed by atoms with van der Waals surface area (Å²) in [7, 11) is 1.59. The monoisotopic (exact) mass is 361 g/mol. The van der Waals surface area contributed by atoms with Gasteiger partial charge in [0.25, 0.3) is 5.91 Å². The van der Waals surface area contributed by atoms with Crippen molar-refractivity contribution in [2.24, 2.45) is 0 Å². The molecule has 136 valence electrons. The van der Waals surface area contributed by atoms with E-state index in [1.807, 2.05) is 36.4 Å². The van der Waals surface area contributed by atoms with Gasteiger partial charge < -0.3 is 10.1 Å². The van der Waals surface area contributed by atoms with E-state index in [2.05, 4.69) is 10.3 Å². The molecule has 0 bridgehead atoms. The Balaban J connectivity index is 1.70. The standard InChI is InChI=1S/C21H19N3O3/c1-27-12-11-22-21(26)16-6-4-7-17-15(16)9-10-19(23-17)24-18-8-3-2-5-14(18)13-20(24)25/h2-10H,11-13H2,1H3,(H,22,26). The SMILES string of the molecule is COCCNC(=O)c1cccc2nc(N3C(=O)Cc4ccccc43)ccc12. The molecule has 2 aromatic carbocycles. The van der Waals surface area contributed by atoms with Gasteiger partial charge in [-0.15, -0.1) is 0 Å². The summed E-state index contributed by atoms with van der Waals surface area (Å²) >= 11 is 0. The van der Waals surface area contributed by atoms with Gasteiger partial charge in [-0.2, -0.15) is 0 Å². The molecule has 4 rings (SSSR count). The van der Waals surface area contributed by atoms with Gasteiger partial charge in [0.15, 0.2) is 0 Å². The molecule has 0 radical (unpaired) electrons. The topological polar surface area (TPSA) is 71.5 Å². The number of nitrogens with zero attached hydrogens (tertiary/aromatic N) is 2. The lowest BCUT2D eigenvalue weighted by molar-refractivity contribution is -0.116. The van der Waals surface area contributed by atoms with Crippen LogP contribution in [-0.4, -0.2) is 37.1 Å². The van der Waals surface area contributed by atoms with Crippen LogP contribution in [0.25, 0.3) is 10.9 Å². The molecule has 0 aliphatic carbocycles. The Bertz CT molecular complexity index is 1030. The van der Waals surface area contributed by atoms with Crippen molar-refractivity contribution < 1.29 is 14.3 Å². The van der Waals surface area contributed by atoms with E-state index in [9.17, 15) is 9.59 Å². The van der Waals surface area contributed by atoms with Crippen LogP contribution in [0, 0.1) is 0 Å². The number of ether oxygens (including phenoxy) is 1. The molecule has 0 atom stereocenters. The molecule has 1 N–H and O–H groups in total. The second kappa shape index (κ2) is 7.17. The number of hydrogen-bond donors (Lipinski definition) is 1. The lowest BCUT2D eigenvalue weighted by Gasteiger charge is -2.17. The summed E-state index contributed by atoms with van der Waals surface area (Å²) in [5.74, 6) is 0.390. The van der Waals surface area contributed by atoms with E-state index in [1.54, 1.807) is 30.2 Å². The van der Waals surface area contributed by atoms with Crippen LogP contribution >= 0.6 is 0 Å². The highest BCUT2D eigenvalue weighted by molar-refractivity contribution is 6.09. The van der Waals surface area contributed by atoms with Crippen LogP contribution in [0.3, 0.4) is 0 Å². The number of methoxy groups -OCH3 is 1. The molecule has 0 saturated carbocycles. The number of aromatic nitrogens is 1. The molecule has 0 saturated heterocycles. The van der Waals surface area contributed by atoms with Gasteiger partial charge in [-0.3, -0.25) is 14.5 Å². The minimum atomic E-state index is -0.171. The number of para-hydroxylation sites is 1. The van der Waals surface area contributed by atoms with E-state index in [-0.39, 0.29) is 11.8 Å². The van der Waals surface area contributed by atoms with Gasteiger partial charge in [-0.25, -0.2) is 4.98 Å². The number of amides is 2. The van der Waals surface area contributed by atoms with E-state index in [0.717, 1.165) is 16.6 Å². The maximum Gasteiger partial charge on any atom is 0.252 e. The van der Waals surface area contributed by atoms with Crippen molar-refractivity contribution in [2.75, 3.05) is 25.2 Å². The fourth-order valence-electron chi connectivity index (χ4n) is 3.33. The number of rotatable bonds is 5. The quantitative estimate of drug-likeness (QED) is 0.710. The summed E-state index contributed by atoms with van der Waals surface area (Å²) in [5.41, 5.74) is 3.08. The fraction of sp³-hybridized carbons (Fsp3) is 0.190. The summed E-state index contributed by atoms with van der Waals surface area (Å²) in [5, 5.41) is 3.57. The van der Waals surface area contributed by atoms with Gasteiger partial charge in [0.2, 0.25) is 5.91 Å². The zero-order chi connectivity index (χ0) is 18.8. The lowest BCUT2D eigenvalue weighted by Crippen LogP contribution is -2.27. The van der Waals surface area contributed by atoms with E-state index >= 15 is 0 Å². The zero-order valence-corrected chi connectivity index (χ0v) is 14.9. The van der Waals surface area contributed by atoms with Crippen LogP contribution in [0.15, 0.2) is 54.6 Å². The predicted molar refractivity (Wildman–Crippen MR) is 103 cm³/mol. The molecule has 6 heteroatoms. The molecule has 2 amide bonds. The molecule has 0 unspecified atom stereocenters. The maximum atomic E-state index is 12.5. The van der Waals surface area contributed by atoms with Crippen molar-refractivity contribution in [1.29, 1.82) is 0 Å². The van der Waals surface area contributed by atoms with Gasteiger partial charge in [-0.1, -0.05) is 24.3 Å². The number of fused-ring (bicyclic) bond motifs is 2. The van der Waals surface area contributed by atoms with Gasteiger partial charge in [0.1, 0.15) is 5.82 Å². The fourth-order valence-corrected chi connectivity index (χ4v) is 3.33. The summed E-state index contributed by atoms with van der Waals surface area (Å²) < 4.78 is 4.96. The Hall–Kier alpha value is -3.25. The first-order chi connectivity index (χ1) is 13.2. The van der Waals surface area contributed by atoms with Crippen LogP contribution in [0.2, 0.25) is 0 Å². The van der Waals surface area contributed by atoms with E-state index in [1.165, 1.54) is 0 Å². The minimum Gasteiger partial charge on any atom is -0.383 e. The number of nitrogens with one attached hydrogen (secondary N) is 1. The third-order valence-corrected chi connectivity index (χ3v) is 4.61. The Labute approximate surface area is 156 Å². The molecule has 6 nitrogen and oxygen atoms in total. The average molecular weight is 361 g/mol. The molecular formula is C21H19N3O3. The van der Waals surface area contributed by atoms with Crippen LogP contribution in [-0.2, 0) is 16.0 Å².